The minimum atomic E-state index is -0.239. The maximum absolute atomic E-state index is 9.78. The normalized spacial score (nSPS) is 16.0. The number of pyridine rings is 1. The second-order valence-electron chi connectivity index (χ2n) is 8.26. The number of hydrogen-bond acceptors (Lipinski definition) is 5. The highest BCUT2D eigenvalue weighted by Crippen LogP contribution is 2.34. The molecule has 0 spiro atoms. The van der Waals surface area contributed by atoms with Crippen LogP contribution in [0.2, 0.25) is 0 Å². The third-order valence-electron chi connectivity index (χ3n) is 4.50. The largest absolute Gasteiger partial charge is 0.370 e. The maximum Gasteiger partial charge on any atom is 0.144 e. The van der Waals surface area contributed by atoms with Crippen molar-refractivity contribution >= 4 is 5.82 Å². The number of ether oxygens (including phenoxy) is 1. The van der Waals surface area contributed by atoms with Crippen molar-refractivity contribution in [2.75, 3.05) is 32.5 Å². The fourth-order valence-electron chi connectivity index (χ4n) is 3.24. The Hall–Kier alpha value is -1.64. The lowest BCUT2D eigenvalue weighted by Gasteiger charge is -2.34. The molecule has 0 radical (unpaired) electrons. The number of hydrogen-bond donors (Lipinski definition) is 1. The molecule has 0 aromatic carbocycles. The van der Waals surface area contributed by atoms with Crippen molar-refractivity contribution in [3.8, 4) is 6.07 Å². The SMILES string of the molecule is CC(C)Cc1nc(NCCCN(C)C)c(C#N)c2c1COC(C)(C)C2. The molecule has 2 rings (SSSR count). The smallest absolute Gasteiger partial charge is 0.144 e. The summed E-state index contributed by atoms with van der Waals surface area (Å²) in [4.78, 5) is 7.00. The maximum atomic E-state index is 9.78. The predicted octanol–water partition coefficient (Wildman–Crippen LogP) is 3.37. The molecule has 0 saturated carbocycles. The van der Waals surface area contributed by atoms with Gasteiger partial charge in [0, 0.05) is 24.2 Å². The highest BCUT2D eigenvalue weighted by atomic mass is 16.5. The van der Waals surface area contributed by atoms with Gasteiger partial charge < -0.3 is 15.0 Å². The number of rotatable bonds is 7. The first-order valence-electron chi connectivity index (χ1n) is 9.20. The molecule has 1 aliphatic heterocycles. The lowest BCUT2D eigenvalue weighted by molar-refractivity contribution is -0.0407. The van der Waals surface area contributed by atoms with Crippen LogP contribution in [0.15, 0.2) is 0 Å². The van der Waals surface area contributed by atoms with E-state index in [-0.39, 0.29) is 5.60 Å². The van der Waals surface area contributed by atoms with E-state index in [4.69, 9.17) is 9.72 Å². The second-order valence-corrected chi connectivity index (χ2v) is 8.26. The molecule has 1 aromatic heterocycles. The summed E-state index contributed by atoms with van der Waals surface area (Å²) in [5.41, 5.74) is 3.79. The predicted molar refractivity (Wildman–Crippen MR) is 102 cm³/mol. The Balaban J connectivity index is 2.36. The third kappa shape index (κ3) is 5.17. The quantitative estimate of drug-likeness (QED) is 0.769. The van der Waals surface area contributed by atoms with Crippen LogP contribution in [-0.4, -0.2) is 42.7 Å². The van der Waals surface area contributed by atoms with Gasteiger partial charge in [-0.2, -0.15) is 5.26 Å². The lowest BCUT2D eigenvalue weighted by Crippen LogP contribution is -2.34. The summed E-state index contributed by atoms with van der Waals surface area (Å²) in [6.45, 7) is 11.0. The van der Waals surface area contributed by atoms with E-state index in [1.807, 2.05) is 0 Å². The van der Waals surface area contributed by atoms with Gasteiger partial charge >= 0.3 is 0 Å². The van der Waals surface area contributed by atoms with E-state index < -0.39 is 0 Å². The van der Waals surface area contributed by atoms with Crippen LogP contribution in [0.25, 0.3) is 0 Å². The Morgan fingerprint density at radius 2 is 2.04 bits per heavy atom. The fraction of sp³-hybridized carbons (Fsp3) is 0.700. The first-order valence-corrected chi connectivity index (χ1v) is 9.20. The van der Waals surface area contributed by atoms with Crippen LogP contribution in [0.1, 0.15) is 56.5 Å². The van der Waals surface area contributed by atoms with Crippen molar-refractivity contribution in [2.24, 2.45) is 5.92 Å². The van der Waals surface area contributed by atoms with Gasteiger partial charge in [0.05, 0.1) is 17.8 Å². The van der Waals surface area contributed by atoms with Gasteiger partial charge in [0.25, 0.3) is 0 Å². The number of aromatic nitrogens is 1. The molecule has 0 atom stereocenters. The van der Waals surface area contributed by atoms with E-state index in [2.05, 4.69) is 58.1 Å². The second kappa shape index (κ2) is 8.16. The molecule has 0 amide bonds. The Labute approximate surface area is 152 Å². The van der Waals surface area contributed by atoms with Crippen LogP contribution in [0.5, 0.6) is 0 Å². The van der Waals surface area contributed by atoms with Crippen molar-refractivity contribution in [3.63, 3.8) is 0 Å². The summed E-state index contributed by atoms with van der Waals surface area (Å²) in [6, 6.07) is 2.40. The van der Waals surface area contributed by atoms with Crippen LogP contribution in [0, 0.1) is 17.2 Å². The zero-order valence-corrected chi connectivity index (χ0v) is 16.6. The number of fused-ring (bicyclic) bond motifs is 1. The molecule has 5 heteroatoms. The Kier molecular flexibility index (Phi) is 6.42. The van der Waals surface area contributed by atoms with E-state index in [0.717, 1.165) is 55.0 Å². The third-order valence-corrected chi connectivity index (χ3v) is 4.50. The van der Waals surface area contributed by atoms with Gasteiger partial charge in [-0.3, -0.25) is 0 Å². The van der Waals surface area contributed by atoms with Crippen LogP contribution in [-0.2, 0) is 24.2 Å². The number of anilines is 1. The molecule has 0 aliphatic carbocycles. The van der Waals surface area contributed by atoms with Crippen LogP contribution in [0.3, 0.4) is 0 Å². The van der Waals surface area contributed by atoms with Gasteiger partial charge in [-0.05, 0) is 58.8 Å². The van der Waals surface area contributed by atoms with E-state index in [1.165, 1.54) is 0 Å². The van der Waals surface area contributed by atoms with Crippen LogP contribution in [0.4, 0.5) is 5.82 Å². The minimum absolute atomic E-state index is 0.239. The summed E-state index contributed by atoms with van der Waals surface area (Å²) >= 11 is 0. The van der Waals surface area contributed by atoms with E-state index in [9.17, 15) is 5.26 Å². The standard InChI is InChI=1S/C20H32N4O/c1-14(2)10-18-17-13-25-20(3,4)11-15(17)16(12-21)19(23-18)22-8-7-9-24(5)6/h14H,7-11,13H2,1-6H3,(H,22,23). The summed E-state index contributed by atoms with van der Waals surface area (Å²) in [5, 5.41) is 13.2. The van der Waals surface area contributed by atoms with Gasteiger partial charge in [-0.15, -0.1) is 0 Å². The summed E-state index contributed by atoms with van der Waals surface area (Å²) < 4.78 is 6.00. The van der Waals surface area contributed by atoms with Crippen molar-refractivity contribution in [3.05, 3.63) is 22.4 Å². The molecule has 5 nitrogen and oxygen atoms in total. The van der Waals surface area contributed by atoms with Crippen molar-refractivity contribution in [2.45, 2.75) is 59.2 Å². The average molecular weight is 345 g/mol. The molecule has 0 unspecified atom stereocenters. The van der Waals surface area contributed by atoms with Gasteiger partial charge in [0.15, 0.2) is 0 Å². The minimum Gasteiger partial charge on any atom is -0.370 e. The number of nitriles is 1. The van der Waals surface area contributed by atoms with Crippen molar-refractivity contribution in [1.82, 2.24) is 9.88 Å². The molecule has 1 aliphatic rings. The summed E-state index contributed by atoms with van der Waals surface area (Å²) in [6.07, 6.45) is 2.68. The monoisotopic (exact) mass is 344 g/mol. The molecule has 0 fully saturated rings. The van der Waals surface area contributed by atoms with E-state index in [0.29, 0.717) is 18.1 Å². The highest BCUT2D eigenvalue weighted by molar-refractivity contribution is 5.60. The van der Waals surface area contributed by atoms with Gasteiger partial charge in [0.2, 0.25) is 0 Å². The molecule has 25 heavy (non-hydrogen) atoms. The summed E-state index contributed by atoms with van der Waals surface area (Å²) in [7, 11) is 4.14. The zero-order valence-electron chi connectivity index (χ0n) is 16.6. The first kappa shape index (κ1) is 19.7. The summed E-state index contributed by atoms with van der Waals surface area (Å²) in [5.74, 6) is 1.26. The first-order chi connectivity index (χ1) is 11.7. The van der Waals surface area contributed by atoms with Gasteiger partial charge in [-0.25, -0.2) is 4.98 Å². The Bertz CT molecular complexity index is 644. The molecule has 0 bridgehead atoms. The van der Waals surface area contributed by atoms with Crippen molar-refractivity contribution in [1.29, 1.82) is 5.26 Å². The molecule has 0 saturated heterocycles. The molecule has 138 valence electrons. The highest BCUT2D eigenvalue weighted by Gasteiger charge is 2.31. The molecule has 1 aromatic rings. The molecular formula is C20H32N4O. The van der Waals surface area contributed by atoms with Gasteiger partial charge in [0.1, 0.15) is 11.9 Å². The van der Waals surface area contributed by atoms with Crippen LogP contribution < -0.4 is 5.32 Å². The lowest BCUT2D eigenvalue weighted by atomic mass is 9.87. The molecule has 1 N–H and O–H groups in total. The van der Waals surface area contributed by atoms with E-state index >= 15 is 0 Å². The molecular weight excluding hydrogens is 312 g/mol. The fourth-order valence-corrected chi connectivity index (χ4v) is 3.24. The molecule has 2 heterocycles. The van der Waals surface area contributed by atoms with E-state index in [1.54, 1.807) is 0 Å². The number of nitrogens with one attached hydrogen (secondary N) is 1. The Morgan fingerprint density at radius 1 is 1.32 bits per heavy atom. The topological polar surface area (TPSA) is 61.2 Å². The number of nitrogens with zero attached hydrogens (tertiary/aromatic N) is 3. The van der Waals surface area contributed by atoms with Crippen molar-refractivity contribution < 1.29 is 4.74 Å². The zero-order chi connectivity index (χ0) is 18.6. The van der Waals surface area contributed by atoms with Crippen LogP contribution >= 0.6 is 0 Å². The Morgan fingerprint density at radius 3 is 2.64 bits per heavy atom. The van der Waals surface area contributed by atoms with Gasteiger partial charge in [-0.1, -0.05) is 13.8 Å². The average Bonchev–Trinajstić information content (AvgIpc) is 2.49.